The van der Waals surface area contributed by atoms with Crippen molar-refractivity contribution in [3.63, 3.8) is 0 Å². The molecule has 1 heterocycles. The molecule has 0 aliphatic rings. The van der Waals surface area contributed by atoms with Gasteiger partial charge < -0.3 is 14.2 Å². The molecule has 3 aromatic rings. The predicted octanol–water partition coefficient (Wildman–Crippen LogP) is 4.09. The van der Waals surface area contributed by atoms with Crippen LogP contribution in [0.5, 0.6) is 17.2 Å². The van der Waals surface area contributed by atoms with Crippen LogP contribution < -0.4 is 19.5 Å². The summed E-state index contributed by atoms with van der Waals surface area (Å²) < 4.78 is 15.7. The largest absolute Gasteiger partial charge is 0.497 e. The van der Waals surface area contributed by atoms with Gasteiger partial charge in [-0.2, -0.15) is 0 Å². The number of amides is 1. The summed E-state index contributed by atoms with van der Waals surface area (Å²) in [4.78, 5) is 17.0. The zero-order valence-corrected chi connectivity index (χ0v) is 15.4. The molecular formula is C19H18N2O4S. The van der Waals surface area contributed by atoms with Crippen molar-refractivity contribution < 1.29 is 19.0 Å². The smallest absolute Gasteiger partial charge is 0.261 e. The number of carbonyl (C=O) groups is 1. The maximum Gasteiger partial charge on any atom is 0.261 e. The highest BCUT2D eigenvalue weighted by Crippen LogP contribution is 2.29. The Balaban J connectivity index is 1.79. The summed E-state index contributed by atoms with van der Waals surface area (Å²) in [7, 11) is 4.69. The van der Waals surface area contributed by atoms with Crippen LogP contribution in [0.1, 0.15) is 10.4 Å². The molecule has 0 aliphatic heterocycles. The molecule has 0 saturated heterocycles. The predicted molar refractivity (Wildman–Crippen MR) is 102 cm³/mol. The van der Waals surface area contributed by atoms with Gasteiger partial charge in [0, 0.05) is 17.0 Å². The van der Waals surface area contributed by atoms with E-state index in [-0.39, 0.29) is 5.91 Å². The van der Waals surface area contributed by atoms with Crippen LogP contribution >= 0.6 is 11.3 Å². The van der Waals surface area contributed by atoms with Crippen LogP contribution in [0.15, 0.2) is 47.8 Å². The molecule has 0 spiro atoms. The number of anilines is 1. The van der Waals surface area contributed by atoms with Gasteiger partial charge in [0.05, 0.1) is 32.6 Å². The van der Waals surface area contributed by atoms with Crippen molar-refractivity contribution in [1.82, 2.24) is 4.98 Å². The average molecular weight is 370 g/mol. The molecule has 1 amide bonds. The normalized spacial score (nSPS) is 10.3. The van der Waals surface area contributed by atoms with Gasteiger partial charge in [0.15, 0.2) is 5.13 Å². The summed E-state index contributed by atoms with van der Waals surface area (Å²) in [6.45, 7) is 0. The second kappa shape index (κ2) is 7.88. The molecule has 0 radical (unpaired) electrons. The lowest BCUT2D eigenvalue weighted by molar-refractivity contribution is 0.102. The van der Waals surface area contributed by atoms with Crippen molar-refractivity contribution in [2.45, 2.75) is 0 Å². The maximum absolute atomic E-state index is 12.6. The minimum atomic E-state index is -0.295. The van der Waals surface area contributed by atoms with Gasteiger partial charge in [-0.3, -0.25) is 10.1 Å². The molecule has 134 valence electrons. The van der Waals surface area contributed by atoms with Gasteiger partial charge in [0.25, 0.3) is 5.91 Å². The summed E-state index contributed by atoms with van der Waals surface area (Å²) in [6.07, 6.45) is 0. The molecule has 7 heteroatoms. The van der Waals surface area contributed by atoms with Crippen LogP contribution in [-0.4, -0.2) is 32.2 Å². The van der Waals surface area contributed by atoms with Crippen molar-refractivity contribution in [1.29, 1.82) is 0 Å². The minimum Gasteiger partial charge on any atom is -0.497 e. The van der Waals surface area contributed by atoms with Crippen LogP contribution in [0, 0.1) is 0 Å². The Morgan fingerprint density at radius 2 is 1.77 bits per heavy atom. The Hall–Kier alpha value is -3.06. The number of nitrogens with one attached hydrogen (secondary N) is 1. The van der Waals surface area contributed by atoms with E-state index in [0.29, 0.717) is 22.2 Å². The Morgan fingerprint density at radius 3 is 2.50 bits per heavy atom. The molecule has 26 heavy (non-hydrogen) atoms. The summed E-state index contributed by atoms with van der Waals surface area (Å²) >= 11 is 1.35. The van der Waals surface area contributed by atoms with Crippen molar-refractivity contribution in [2.75, 3.05) is 26.6 Å². The minimum absolute atomic E-state index is 0.295. The van der Waals surface area contributed by atoms with E-state index in [4.69, 9.17) is 14.2 Å². The number of carbonyl (C=O) groups excluding carboxylic acids is 1. The van der Waals surface area contributed by atoms with Crippen molar-refractivity contribution in [3.8, 4) is 28.5 Å². The van der Waals surface area contributed by atoms with Crippen molar-refractivity contribution in [2.24, 2.45) is 0 Å². The van der Waals surface area contributed by atoms with E-state index in [0.717, 1.165) is 17.0 Å². The Bertz CT molecular complexity index is 923. The third kappa shape index (κ3) is 3.78. The van der Waals surface area contributed by atoms with Crippen LogP contribution in [0.2, 0.25) is 0 Å². The SMILES string of the molecule is COc1cccc(-c2csc(NC(=O)c3ccc(OC)cc3OC)n2)c1. The van der Waals surface area contributed by atoms with E-state index in [2.05, 4.69) is 10.3 Å². The molecule has 1 aromatic heterocycles. The molecule has 0 unspecified atom stereocenters. The van der Waals surface area contributed by atoms with Gasteiger partial charge in [-0.05, 0) is 24.3 Å². The first-order chi connectivity index (χ1) is 12.6. The summed E-state index contributed by atoms with van der Waals surface area (Å²) in [5.74, 6) is 1.51. The van der Waals surface area contributed by atoms with Gasteiger partial charge >= 0.3 is 0 Å². The number of benzene rings is 2. The van der Waals surface area contributed by atoms with E-state index < -0.39 is 0 Å². The quantitative estimate of drug-likeness (QED) is 0.708. The number of thiazole rings is 1. The van der Waals surface area contributed by atoms with Crippen LogP contribution in [0.3, 0.4) is 0 Å². The third-order valence-electron chi connectivity index (χ3n) is 3.74. The number of hydrogen-bond acceptors (Lipinski definition) is 6. The molecule has 0 atom stereocenters. The molecule has 2 aromatic carbocycles. The average Bonchev–Trinajstić information content (AvgIpc) is 3.15. The van der Waals surface area contributed by atoms with E-state index in [9.17, 15) is 4.79 Å². The molecule has 1 N–H and O–H groups in total. The lowest BCUT2D eigenvalue weighted by Crippen LogP contribution is -2.13. The van der Waals surface area contributed by atoms with Gasteiger partial charge in [0.2, 0.25) is 0 Å². The summed E-state index contributed by atoms with van der Waals surface area (Å²) in [6, 6.07) is 12.6. The number of rotatable bonds is 6. The van der Waals surface area contributed by atoms with Gasteiger partial charge in [-0.1, -0.05) is 12.1 Å². The first-order valence-electron chi connectivity index (χ1n) is 7.78. The van der Waals surface area contributed by atoms with Gasteiger partial charge in [-0.25, -0.2) is 4.98 Å². The van der Waals surface area contributed by atoms with Gasteiger partial charge in [-0.15, -0.1) is 11.3 Å². The topological polar surface area (TPSA) is 69.7 Å². The van der Waals surface area contributed by atoms with Crippen molar-refractivity contribution >= 4 is 22.4 Å². The summed E-state index contributed by atoms with van der Waals surface area (Å²) in [5, 5.41) is 5.20. The molecule has 0 bridgehead atoms. The summed E-state index contributed by atoms with van der Waals surface area (Å²) in [5.41, 5.74) is 2.10. The van der Waals surface area contributed by atoms with Crippen LogP contribution in [-0.2, 0) is 0 Å². The zero-order valence-electron chi connectivity index (χ0n) is 14.6. The molecule has 6 nitrogen and oxygen atoms in total. The van der Waals surface area contributed by atoms with Gasteiger partial charge in [0.1, 0.15) is 17.2 Å². The zero-order chi connectivity index (χ0) is 18.5. The fourth-order valence-electron chi connectivity index (χ4n) is 2.40. The first-order valence-corrected chi connectivity index (χ1v) is 8.66. The molecular weight excluding hydrogens is 352 g/mol. The van der Waals surface area contributed by atoms with Crippen molar-refractivity contribution in [3.05, 3.63) is 53.4 Å². The number of methoxy groups -OCH3 is 3. The van der Waals surface area contributed by atoms with Crippen LogP contribution in [0.4, 0.5) is 5.13 Å². The highest BCUT2D eigenvalue weighted by Gasteiger charge is 2.15. The highest BCUT2D eigenvalue weighted by atomic mass is 32.1. The lowest BCUT2D eigenvalue weighted by atomic mass is 10.1. The lowest BCUT2D eigenvalue weighted by Gasteiger charge is -2.09. The van der Waals surface area contributed by atoms with E-state index in [1.807, 2.05) is 29.6 Å². The Morgan fingerprint density at radius 1 is 1.00 bits per heavy atom. The second-order valence-electron chi connectivity index (χ2n) is 5.29. The maximum atomic E-state index is 12.6. The fourth-order valence-corrected chi connectivity index (χ4v) is 3.11. The first kappa shape index (κ1) is 17.8. The number of ether oxygens (including phenoxy) is 3. The standard InChI is InChI=1S/C19H18N2O4S/c1-23-13-6-4-5-12(9-13)16-11-26-19(20-16)21-18(22)15-8-7-14(24-2)10-17(15)25-3/h4-11H,1-3H3,(H,20,21,22). The Labute approximate surface area is 155 Å². The number of nitrogens with zero attached hydrogens (tertiary/aromatic N) is 1. The third-order valence-corrected chi connectivity index (χ3v) is 4.50. The van der Waals surface area contributed by atoms with E-state index in [1.165, 1.54) is 18.4 Å². The highest BCUT2D eigenvalue weighted by molar-refractivity contribution is 7.14. The fraction of sp³-hybridized carbons (Fsp3) is 0.158. The monoisotopic (exact) mass is 370 g/mol. The molecule has 3 rings (SSSR count). The van der Waals surface area contributed by atoms with Crippen LogP contribution in [0.25, 0.3) is 11.3 Å². The molecule has 0 aliphatic carbocycles. The number of hydrogen-bond donors (Lipinski definition) is 1. The van der Waals surface area contributed by atoms with E-state index in [1.54, 1.807) is 32.4 Å². The molecule has 0 saturated carbocycles. The molecule has 0 fully saturated rings. The Kier molecular flexibility index (Phi) is 5.38. The van der Waals surface area contributed by atoms with E-state index >= 15 is 0 Å². The second-order valence-corrected chi connectivity index (χ2v) is 6.15. The number of aromatic nitrogens is 1.